The van der Waals surface area contributed by atoms with Crippen LogP contribution in [0.4, 0.5) is 10.5 Å². The summed E-state index contributed by atoms with van der Waals surface area (Å²) in [5, 5.41) is 2.44. The number of urea groups is 1. The Kier molecular flexibility index (Phi) is 7.09. The van der Waals surface area contributed by atoms with Gasteiger partial charge in [-0.3, -0.25) is 14.9 Å². The summed E-state index contributed by atoms with van der Waals surface area (Å²) in [6.45, 7) is 0. The van der Waals surface area contributed by atoms with Crippen LogP contribution in [0.5, 0.6) is 5.75 Å². The Labute approximate surface area is 216 Å². The first kappa shape index (κ1) is 25.6. The van der Waals surface area contributed by atoms with Crippen LogP contribution in [0.3, 0.4) is 0 Å². The highest BCUT2D eigenvalue weighted by molar-refractivity contribution is 7.87. The maximum absolute atomic E-state index is 13.1. The zero-order chi connectivity index (χ0) is 26.7. The fourth-order valence-electron chi connectivity index (χ4n) is 3.36. The largest absolute Gasteiger partial charge is 0.465 e. The van der Waals surface area contributed by atoms with E-state index in [2.05, 4.69) is 10.1 Å². The molecule has 4 amide bonds. The molecule has 1 N–H and O–H groups in total. The molecule has 0 spiro atoms. The Morgan fingerprint density at radius 3 is 2.30 bits per heavy atom. The van der Waals surface area contributed by atoms with Crippen molar-refractivity contribution in [2.24, 2.45) is 0 Å². The number of hydrogen-bond donors (Lipinski definition) is 1. The van der Waals surface area contributed by atoms with Crippen molar-refractivity contribution < 1.29 is 36.5 Å². The molecule has 0 aromatic heterocycles. The van der Waals surface area contributed by atoms with Crippen LogP contribution in [-0.2, 0) is 24.4 Å². The van der Waals surface area contributed by atoms with Gasteiger partial charge in [0.15, 0.2) is 0 Å². The zero-order valence-electron chi connectivity index (χ0n) is 19.0. The van der Waals surface area contributed by atoms with Gasteiger partial charge in [0.1, 0.15) is 16.2 Å². The fraction of sp³-hybridized carbons (Fsp3) is 0.0400. The number of anilines is 1. The van der Waals surface area contributed by atoms with Gasteiger partial charge in [0, 0.05) is 5.02 Å². The number of imide groups is 2. The predicted molar refractivity (Wildman–Crippen MR) is 132 cm³/mol. The van der Waals surface area contributed by atoms with Gasteiger partial charge in [-0.05, 0) is 72.3 Å². The van der Waals surface area contributed by atoms with E-state index in [1.165, 1.54) is 86.0 Å². The van der Waals surface area contributed by atoms with E-state index in [1.807, 2.05) is 0 Å². The van der Waals surface area contributed by atoms with Crippen LogP contribution in [0, 0.1) is 0 Å². The predicted octanol–water partition coefficient (Wildman–Crippen LogP) is 3.56. The summed E-state index contributed by atoms with van der Waals surface area (Å²) in [4.78, 5) is 50.2. The second kappa shape index (κ2) is 10.2. The molecule has 188 valence electrons. The lowest BCUT2D eigenvalue weighted by atomic mass is 10.1. The van der Waals surface area contributed by atoms with Crippen molar-refractivity contribution in [3.63, 3.8) is 0 Å². The van der Waals surface area contributed by atoms with E-state index in [4.69, 9.17) is 15.8 Å². The van der Waals surface area contributed by atoms with Crippen LogP contribution in [0.2, 0.25) is 5.02 Å². The van der Waals surface area contributed by atoms with Crippen LogP contribution in [0.1, 0.15) is 15.9 Å². The summed E-state index contributed by atoms with van der Waals surface area (Å²) in [5.41, 5.74) is 0.194. The normalized spacial score (nSPS) is 14.9. The topological polar surface area (TPSA) is 136 Å². The summed E-state index contributed by atoms with van der Waals surface area (Å²) in [7, 11) is -2.96. The minimum Gasteiger partial charge on any atom is -0.465 e. The third-order valence-corrected chi connectivity index (χ3v) is 6.64. The monoisotopic (exact) mass is 540 g/mol. The number of benzene rings is 3. The quantitative estimate of drug-likeness (QED) is 0.217. The lowest BCUT2D eigenvalue weighted by molar-refractivity contribution is -0.122. The van der Waals surface area contributed by atoms with Gasteiger partial charge in [-0.1, -0.05) is 23.7 Å². The number of carbonyl (C=O) groups is 4. The van der Waals surface area contributed by atoms with Gasteiger partial charge in [-0.2, -0.15) is 8.42 Å². The Morgan fingerprint density at radius 2 is 1.65 bits per heavy atom. The number of carbonyl (C=O) groups excluding carboxylic acids is 4. The first-order chi connectivity index (χ1) is 17.6. The maximum Gasteiger partial charge on any atom is 0.339 e. The molecule has 4 rings (SSSR count). The molecule has 37 heavy (non-hydrogen) atoms. The fourth-order valence-corrected chi connectivity index (χ4v) is 4.40. The Hall–Kier alpha value is -4.48. The van der Waals surface area contributed by atoms with Gasteiger partial charge in [0.2, 0.25) is 0 Å². The highest BCUT2D eigenvalue weighted by Gasteiger charge is 2.36. The van der Waals surface area contributed by atoms with Crippen molar-refractivity contribution in [1.82, 2.24) is 5.32 Å². The molecule has 0 aliphatic carbocycles. The second-order valence-corrected chi connectivity index (χ2v) is 9.54. The van der Waals surface area contributed by atoms with Crippen LogP contribution >= 0.6 is 11.6 Å². The Bertz CT molecular complexity index is 1550. The number of methoxy groups -OCH3 is 1. The number of nitrogens with one attached hydrogen (secondary N) is 1. The summed E-state index contributed by atoms with van der Waals surface area (Å²) in [5.74, 6) is -2.52. The number of rotatable bonds is 6. The number of hydrogen-bond acceptors (Lipinski definition) is 8. The van der Waals surface area contributed by atoms with Gasteiger partial charge in [0.05, 0.1) is 18.4 Å². The van der Waals surface area contributed by atoms with Crippen LogP contribution < -0.4 is 14.4 Å². The summed E-state index contributed by atoms with van der Waals surface area (Å²) >= 11 is 5.80. The summed E-state index contributed by atoms with van der Waals surface area (Å²) < 4.78 is 34.9. The van der Waals surface area contributed by atoms with Crippen LogP contribution in [0.15, 0.2) is 83.3 Å². The smallest absolute Gasteiger partial charge is 0.339 e. The van der Waals surface area contributed by atoms with Crippen molar-refractivity contribution in [1.29, 1.82) is 0 Å². The van der Waals surface area contributed by atoms with Crippen molar-refractivity contribution in [3.05, 3.63) is 94.5 Å². The highest BCUT2D eigenvalue weighted by Crippen LogP contribution is 2.25. The molecule has 12 heteroatoms. The third kappa shape index (κ3) is 5.52. The van der Waals surface area contributed by atoms with E-state index in [-0.39, 0.29) is 33.0 Å². The van der Waals surface area contributed by atoms with Gasteiger partial charge < -0.3 is 8.92 Å². The van der Waals surface area contributed by atoms with Gasteiger partial charge >= 0.3 is 22.1 Å². The SMILES string of the molecule is COC(=O)c1ccc(N2C(=O)NC(=O)/C(=C/c3cccc(OS(=O)(=O)c4ccc(Cl)cc4)c3)C2=O)cc1. The molecule has 1 heterocycles. The van der Waals surface area contributed by atoms with E-state index in [0.29, 0.717) is 5.02 Å². The molecule has 1 aliphatic rings. The van der Waals surface area contributed by atoms with Crippen LogP contribution in [-0.4, -0.2) is 39.3 Å². The summed E-state index contributed by atoms with van der Waals surface area (Å²) in [6, 6.07) is 15.5. The third-order valence-electron chi connectivity index (χ3n) is 5.13. The zero-order valence-corrected chi connectivity index (χ0v) is 20.6. The standard InChI is InChI=1S/C25H17ClN2O8S/c1-35-24(31)16-5-9-18(10-6-16)28-23(30)21(22(29)27-25(28)32)14-15-3-2-4-19(13-15)36-37(33,34)20-11-7-17(26)8-12-20/h2-14H,1H3,(H,27,29,32)/b21-14-. The summed E-state index contributed by atoms with van der Waals surface area (Å²) in [6.07, 6.45) is 1.20. The average Bonchev–Trinajstić information content (AvgIpc) is 2.86. The molecule has 3 aromatic carbocycles. The molecule has 0 atom stereocenters. The first-order valence-corrected chi connectivity index (χ1v) is 12.3. The van der Waals surface area contributed by atoms with Crippen molar-refractivity contribution in [3.8, 4) is 5.75 Å². The molecule has 3 aromatic rings. The number of ether oxygens (including phenoxy) is 1. The first-order valence-electron chi connectivity index (χ1n) is 10.5. The average molecular weight is 541 g/mol. The van der Waals surface area contributed by atoms with Crippen molar-refractivity contribution in [2.75, 3.05) is 12.0 Å². The molecule has 10 nitrogen and oxygen atoms in total. The molecule has 0 saturated carbocycles. The molecule has 1 fully saturated rings. The molecule has 1 saturated heterocycles. The van der Waals surface area contributed by atoms with E-state index in [1.54, 1.807) is 0 Å². The van der Waals surface area contributed by atoms with Crippen molar-refractivity contribution >= 4 is 57.3 Å². The van der Waals surface area contributed by atoms with Gasteiger partial charge in [0.25, 0.3) is 11.8 Å². The minimum absolute atomic E-state index is 0.0701. The lowest BCUT2D eigenvalue weighted by Gasteiger charge is -2.26. The van der Waals surface area contributed by atoms with Gasteiger partial charge in [-0.25, -0.2) is 14.5 Å². The Balaban J connectivity index is 1.61. The molecular weight excluding hydrogens is 524 g/mol. The second-order valence-electron chi connectivity index (χ2n) is 7.56. The Morgan fingerprint density at radius 1 is 0.973 bits per heavy atom. The molecule has 0 unspecified atom stereocenters. The molecule has 1 aliphatic heterocycles. The maximum atomic E-state index is 13.1. The van der Waals surface area contributed by atoms with E-state index < -0.39 is 33.9 Å². The molecule has 0 radical (unpaired) electrons. The molecular formula is C25H17ClN2O8S. The van der Waals surface area contributed by atoms with E-state index in [0.717, 1.165) is 4.90 Å². The van der Waals surface area contributed by atoms with E-state index in [9.17, 15) is 27.6 Å². The highest BCUT2D eigenvalue weighted by atomic mass is 35.5. The van der Waals surface area contributed by atoms with E-state index >= 15 is 0 Å². The van der Waals surface area contributed by atoms with Crippen molar-refractivity contribution in [2.45, 2.75) is 4.90 Å². The number of barbiturate groups is 1. The minimum atomic E-state index is -4.18. The number of halogens is 1. The lowest BCUT2D eigenvalue weighted by Crippen LogP contribution is -2.54. The number of amides is 4. The number of nitrogens with zero attached hydrogens (tertiary/aromatic N) is 1. The molecule has 0 bridgehead atoms. The van der Waals surface area contributed by atoms with Crippen LogP contribution in [0.25, 0.3) is 6.08 Å². The number of esters is 1. The van der Waals surface area contributed by atoms with Gasteiger partial charge in [-0.15, -0.1) is 0 Å².